The number of hydrogen-bond donors (Lipinski definition) is 3. The molecule has 0 aliphatic heterocycles. The molecule has 22 heavy (non-hydrogen) atoms. The number of ether oxygens (including phenoxy) is 1. The highest BCUT2D eigenvalue weighted by Crippen LogP contribution is 2.16. The number of methoxy groups -OCH3 is 1. The van der Waals surface area contributed by atoms with Crippen molar-refractivity contribution in [3.63, 3.8) is 0 Å². The van der Waals surface area contributed by atoms with E-state index in [2.05, 4.69) is 10.6 Å². The number of nitrogens with one attached hydrogen (secondary N) is 3. The number of benzene rings is 1. The van der Waals surface area contributed by atoms with Gasteiger partial charge in [-0.2, -0.15) is 0 Å². The van der Waals surface area contributed by atoms with Gasteiger partial charge in [-0.05, 0) is 32.9 Å². The molecule has 6 heteroatoms. The third-order valence-electron chi connectivity index (χ3n) is 3.36. The zero-order valence-electron chi connectivity index (χ0n) is 13.9. The van der Waals surface area contributed by atoms with E-state index >= 15 is 0 Å². The summed E-state index contributed by atoms with van der Waals surface area (Å²) in [6.45, 7) is 5.87. The van der Waals surface area contributed by atoms with E-state index in [1.807, 2.05) is 33.0 Å². The lowest BCUT2D eigenvalue weighted by molar-refractivity contribution is -0.885. The maximum atomic E-state index is 12.3. The molecule has 0 spiro atoms. The summed E-state index contributed by atoms with van der Waals surface area (Å²) in [7, 11) is 3.41. The van der Waals surface area contributed by atoms with Crippen LogP contribution in [0.25, 0.3) is 0 Å². The second-order valence-electron chi connectivity index (χ2n) is 5.69. The lowest BCUT2D eigenvalue weighted by Crippen LogP contribution is -3.15. The molecule has 6 nitrogen and oxygen atoms in total. The second kappa shape index (κ2) is 8.38. The number of carbonyl (C=O) groups is 2. The highest BCUT2D eigenvalue weighted by atomic mass is 16.5. The average Bonchev–Trinajstić information content (AvgIpc) is 2.45. The summed E-state index contributed by atoms with van der Waals surface area (Å²) in [5.74, 6) is 0.485. The Morgan fingerprint density at radius 1 is 1.27 bits per heavy atom. The van der Waals surface area contributed by atoms with Gasteiger partial charge in [0, 0.05) is 17.8 Å². The topological polar surface area (TPSA) is 71.9 Å². The van der Waals surface area contributed by atoms with Gasteiger partial charge in [0.15, 0.2) is 12.6 Å². The van der Waals surface area contributed by atoms with Crippen molar-refractivity contribution in [1.29, 1.82) is 0 Å². The van der Waals surface area contributed by atoms with Gasteiger partial charge in [0.1, 0.15) is 5.75 Å². The Morgan fingerprint density at radius 3 is 2.55 bits per heavy atom. The number of hydrogen-bond acceptors (Lipinski definition) is 3. The van der Waals surface area contributed by atoms with Crippen LogP contribution in [0.2, 0.25) is 0 Å². The SMILES string of the molecule is COc1cccc(NC(=O)[C@H](C)[NH+](C)CC(=O)NC(C)C)c1. The summed E-state index contributed by atoms with van der Waals surface area (Å²) in [6.07, 6.45) is 0. The first kappa shape index (κ1) is 18.0. The largest absolute Gasteiger partial charge is 0.497 e. The minimum Gasteiger partial charge on any atom is -0.497 e. The summed E-state index contributed by atoms with van der Waals surface area (Å²) in [5.41, 5.74) is 0.677. The van der Waals surface area contributed by atoms with Crippen molar-refractivity contribution in [1.82, 2.24) is 5.32 Å². The molecular formula is C16H26N3O3+. The average molecular weight is 308 g/mol. The molecule has 0 bridgehead atoms. The summed E-state index contributed by atoms with van der Waals surface area (Å²) >= 11 is 0. The maximum Gasteiger partial charge on any atom is 0.282 e. The quantitative estimate of drug-likeness (QED) is 0.667. The molecule has 0 saturated heterocycles. The Bertz CT molecular complexity index is 517. The van der Waals surface area contributed by atoms with Gasteiger partial charge in [0.05, 0.1) is 14.2 Å². The molecule has 0 fully saturated rings. The van der Waals surface area contributed by atoms with Crippen LogP contribution in [0, 0.1) is 0 Å². The fourth-order valence-electron chi connectivity index (χ4n) is 1.95. The molecule has 3 N–H and O–H groups in total. The van der Waals surface area contributed by atoms with Gasteiger partial charge in [0.25, 0.3) is 11.8 Å². The monoisotopic (exact) mass is 308 g/mol. The van der Waals surface area contributed by atoms with Crippen LogP contribution in [-0.2, 0) is 9.59 Å². The van der Waals surface area contributed by atoms with Crippen molar-refractivity contribution in [3.8, 4) is 5.75 Å². The van der Waals surface area contributed by atoms with E-state index in [0.717, 1.165) is 4.90 Å². The Kier molecular flexibility index (Phi) is 6.85. The van der Waals surface area contributed by atoms with E-state index < -0.39 is 0 Å². The molecule has 0 heterocycles. The molecule has 1 aromatic carbocycles. The number of amides is 2. The van der Waals surface area contributed by atoms with Gasteiger partial charge in [-0.25, -0.2) is 0 Å². The Balaban J connectivity index is 2.58. The zero-order valence-corrected chi connectivity index (χ0v) is 13.9. The molecule has 0 radical (unpaired) electrons. The van der Waals surface area contributed by atoms with Crippen LogP contribution in [0.1, 0.15) is 20.8 Å². The number of rotatable bonds is 7. The number of likely N-dealkylation sites (N-methyl/N-ethyl adjacent to an activating group) is 1. The molecule has 1 aromatic rings. The Morgan fingerprint density at radius 2 is 1.95 bits per heavy atom. The predicted molar refractivity (Wildman–Crippen MR) is 86.1 cm³/mol. The Labute approximate surface area is 131 Å². The van der Waals surface area contributed by atoms with E-state index in [9.17, 15) is 9.59 Å². The molecule has 0 saturated carbocycles. The third-order valence-corrected chi connectivity index (χ3v) is 3.36. The van der Waals surface area contributed by atoms with Crippen molar-refractivity contribution in [2.75, 3.05) is 26.0 Å². The van der Waals surface area contributed by atoms with Crippen LogP contribution < -0.4 is 20.3 Å². The summed E-state index contributed by atoms with van der Waals surface area (Å²) in [4.78, 5) is 24.8. The molecule has 0 aliphatic rings. The van der Waals surface area contributed by atoms with E-state index in [4.69, 9.17) is 4.74 Å². The summed E-state index contributed by atoms with van der Waals surface area (Å²) in [5, 5.41) is 5.66. The minimum atomic E-state index is -0.343. The molecule has 1 rings (SSSR count). The van der Waals surface area contributed by atoms with Crippen LogP contribution in [-0.4, -0.2) is 44.6 Å². The first-order valence-corrected chi connectivity index (χ1v) is 7.40. The van der Waals surface area contributed by atoms with Gasteiger partial charge < -0.3 is 20.3 Å². The normalized spacial score (nSPS) is 13.4. The fraction of sp³-hybridized carbons (Fsp3) is 0.500. The van der Waals surface area contributed by atoms with Crippen LogP contribution in [0.5, 0.6) is 5.75 Å². The fourth-order valence-corrected chi connectivity index (χ4v) is 1.95. The van der Waals surface area contributed by atoms with Crippen molar-refractivity contribution in [2.45, 2.75) is 32.9 Å². The van der Waals surface area contributed by atoms with Gasteiger partial charge >= 0.3 is 0 Å². The van der Waals surface area contributed by atoms with Crippen molar-refractivity contribution in [2.24, 2.45) is 0 Å². The van der Waals surface area contributed by atoms with Gasteiger partial charge in [0.2, 0.25) is 0 Å². The molecule has 2 amide bonds. The minimum absolute atomic E-state index is 0.0615. The number of anilines is 1. The van der Waals surface area contributed by atoms with E-state index in [1.165, 1.54) is 0 Å². The van der Waals surface area contributed by atoms with Crippen LogP contribution >= 0.6 is 0 Å². The van der Waals surface area contributed by atoms with Crippen molar-refractivity contribution in [3.05, 3.63) is 24.3 Å². The lowest BCUT2D eigenvalue weighted by atomic mass is 10.2. The van der Waals surface area contributed by atoms with Crippen LogP contribution in [0.3, 0.4) is 0 Å². The lowest BCUT2D eigenvalue weighted by Gasteiger charge is -2.21. The molecule has 1 unspecified atom stereocenters. The Hall–Kier alpha value is -2.08. The van der Waals surface area contributed by atoms with Gasteiger partial charge in [-0.3, -0.25) is 9.59 Å². The highest BCUT2D eigenvalue weighted by Gasteiger charge is 2.24. The summed E-state index contributed by atoms with van der Waals surface area (Å²) in [6, 6.07) is 6.93. The van der Waals surface area contributed by atoms with Gasteiger partial charge in [-0.1, -0.05) is 6.07 Å². The molecule has 0 aliphatic carbocycles. The smallest absolute Gasteiger partial charge is 0.282 e. The van der Waals surface area contributed by atoms with Crippen molar-refractivity contribution < 1.29 is 19.2 Å². The standard InChI is InChI=1S/C16H25N3O3/c1-11(2)17-15(20)10-19(4)12(3)16(21)18-13-7-6-8-14(9-13)22-5/h6-9,11-12H,10H2,1-5H3,(H,17,20)(H,18,21)/p+1/t12-/m0/s1. The van der Waals surface area contributed by atoms with E-state index in [0.29, 0.717) is 11.4 Å². The molecule has 2 atom stereocenters. The number of quaternary nitrogens is 1. The highest BCUT2D eigenvalue weighted by molar-refractivity contribution is 5.93. The predicted octanol–water partition coefficient (Wildman–Crippen LogP) is 0.0615. The molecule has 0 aromatic heterocycles. The maximum absolute atomic E-state index is 12.3. The van der Waals surface area contributed by atoms with Crippen LogP contribution in [0.15, 0.2) is 24.3 Å². The zero-order chi connectivity index (χ0) is 16.7. The first-order valence-electron chi connectivity index (χ1n) is 7.40. The van der Waals surface area contributed by atoms with E-state index in [1.54, 1.807) is 26.2 Å². The van der Waals surface area contributed by atoms with Crippen molar-refractivity contribution >= 4 is 17.5 Å². The second-order valence-corrected chi connectivity index (χ2v) is 5.69. The first-order chi connectivity index (χ1) is 10.3. The number of carbonyl (C=O) groups excluding carboxylic acids is 2. The van der Waals surface area contributed by atoms with Crippen LogP contribution in [0.4, 0.5) is 5.69 Å². The molecule has 122 valence electrons. The van der Waals surface area contributed by atoms with Gasteiger partial charge in [-0.15, -0.1) is 0 Å². The van der Waals surface area contributed by atoms with E-state index in [-0.39, 0.29) is 30.4 Å². The molecular weight excluding hydrogens is 282 g/mol. The third kappa shape index (κ3) is 5.73. The summed E-state index contributed by atoms with van der Waals surface area (Å²) < 4.78 is 5.12.